The number of fused-ring (bicyclic) bond motifs is 1. The number of pyridine rings is 1. The van der Waals surface area contributed by atoms with Crippen molar-refractivity contribution in [3.8, 4) is 0 Å². The van der Waals surface area contributed by atoms with Crippen LogP contribution in [0.3, 0.4) is 0 Å². The molecule has 2 aromatic rings. The van der Waals surface area contributed by atoms with Gasteiger partial charge in [0.15, 0.2) is 0 Å². The molecule has 1 amide bonds. The Kier molecular flexibility index (Phi) is 3.51. The third kappa shape index (κ3) is 2.56. The molecular weight excluding hydrogens is 264 g/mol. The van der Waals surface area contributed by atoms with Crippen molar-refractivity contribution in [3.63, 3.8) is 0 Å². The molecule has 1 aliphatic heterocycles. The molecule has 0 aliphatic carbocycles. The van der Waals surface area contributed by atoms with Gasteiger partial charge < -0.3 is 16.4 Å². The number of aromatic nitrogens is 1. The summed E-state index contributed by atoms with van der Waals surface area (Å²) in [6.07, 6.45) is 1.02. The van der Waals surface area contributed by atoms with Crippen molar-refractivity contribution >= 4 is 22.6 Å². The van der Waals surface area contributed by atoms with Gasteiger partial charge in [-0.1, -0.05) is 18.2 Å². The van der Waals surface area contributed by atoms with Crippen molar-refractivity contribution in [3.05, 3.63) is 35.9 Å². The fourth-order valence-electron chi connectivity index (χ4n) is 2.94. The predicted molar refractivity (Wildman–Crippen MR) is 84.2 cm³/mol. The van der Waals surface area contributed by atoms with Crippen LogP contribution in [0.5, 0.6) is 0 Å². The maximum atomic E-state index is 11.8. The van der Waals surface area contributed by atoms with Crippen LogP contribution in [-0.4, -0.2) is 30.0 Å². The third-order valence-electron chi connectivity index (χ3n) is 4.24. The molecule has 110 valence electrons. The summed E-state index contributed by atoms with van der Waals surface area (Å²) < 4.78 is 0. The van der Waals surface area contributed by atoms with E-state index in [2.05, 4.69) is 9.88 Å². The molecule has 1 aromatic heterocycles. The lowest BCUT2D eigenvalue weighted by Gasteiger charge is -2.21. The van der Waals surface area contributed by atoms with Crippen LogP contribution < -0.4 is 16.4 Å². The van der Waals surface area contributed by atoms with Crippen LogP contribution in [0.4, 0.5) is 5.82 Å². The lowest BCUT2D eigenvalue weighted by Crippen LogP contribution is -2.31. The van der Waals surface area contributed by atoms with Crippen LogP contribution in [0.25, 0.3) is 10.9 Å². The van der Waals surface area contributed by atoms with Crippen LogP contribution in [0, 0.1) is 5.92 Å². The first-order valence-corrected chi connectivity index (χ1v) is 7.26. The van der Waals surface area contributed by atoms with Crippen LogP contribution in [0.2, 0.25) is 0 Å². The van der Waals surface area contributed by atoms with Gasteiger partial charge in [0.25, 0.3) is 5.91 Å². The van der Waals surface area contributed by atoms with E-state index in [4.69, 9.17) is 11.5 Å². The highest BCUT2D eigenvalue weighted by atomic mass is 16.1. The molecule has 2 heterocycles. The van der Waals surface area contributed by atoms with E-state index < -0.39 is 5.91 Å². The molecule has 21 heavy (non-hydrogen) atoms. The van der Waals surface area contributed by atoms with E-state index in [-0.39, 0.29) is 6.04 Å². The Hall–Kier alpha value is -2.14. The normalized spacial score (nSPS) is 19.9. The quantitative estimate of drug-likeness (QED) is 0.894. The summed E-state index contributed by atoms with van der Waals surface area (Å²) in [6.45, 7) is 3.71. The van der Waals surface area contributed by atoms with Crippen molar-refractivity contribution < 1.29 is 4.79 Å². The van der Waals surface area contributed by atoms with Gasteiger partial charge in [0, 0.05) is 24.5 Å². The van der Waals surface area contributed by atoms with Crippen LogP contribution in [0.15, 0.2) is 30.3 Å². The molecule has 1 saturated heterocycles. The maximum absolute atomic E-state index is 11.8. The number of para-hydroxylation sites is 1. The number of hydrogen-bond donors (Lipinski definition) is 2. The van der Waals surface area contributed by atoms with Crippen molar-refractivity contribution in [1.82, 2.24) is 4.98 Å². The maximum Gasteiger partial charge on any atom is 0.252 e. The zero-order chi connectivity index (χ0) is 15.0. The minimum Gasteiger partial charge on any atom is -0.365 e. The van der Waals surface area contributed by atoms with E-state index >= 15 is 0 Å². The molecule has 2 unspecified atom stereocenters. The van der Waals surface area contributed by atoms with Crippen LogP contribution in [-0.2, 0) is 0 Å². The number of nitrogens with two attached hydrogens (primary N) is 2. The molecule has 0 radical (unpaired) electrons. The SMILES string of the molecule is CC(N)C1CCN(c2nc3ccccc3cc2C(N)=O)C1. The van der Waals surface area contributed by atoms with Gasteiger partial charge in [0.05, 0.1) is 11.1 Å². The summed E-state index contributed by atoms with van der Waals surface area (Å²) in [7, 11) is 0. The summed E-state index contributed by atoms with van der Waals surface area (Å²) in [5, 5.41) is 0.929. The smallest absolute Gasteiger partial charge is 0.252 e. The molecule has 1 aliphatic rings. The number of nitrogens with zero attached hydrogens (tertiary/aromatic N) is 2. The Morgan fingerprint density at radius 1 is 1.43 bits per heavy atom. The highest BCUT2D eigenvalue weighted by Crippen LogP contribution is 2.29. The van der Waals surface area contributed by atoms with Gasteiger partial charge in [-0.2, -0.15) is 0 Å². The van der Waals surface area contributed by atoms with Gasteiger partial charge in [-0.15, -0.1) is 0 Å². The molecule has 5 heteroatoms. The molecule has 0 bridgehead atoms. The molecule has 2 atom stereocenters. The molecule has 3 rings (SSSR count). The average Bonchev–Trinajstić information content (AvgIpc) is 2.95. The minimum atomic E-state index is -0.437. The molecule has 4 N–H and O–H groups in total. The zero-order valence-electron chi connectivity index (χ0n) is 12.1. The number of benzene rings is 1. The van der Waals surface area contributed by atoms with Crippen molar-refractivity contribution in [2.24, 2.45) is 17.4 Å². The van der Waals surface area contributed by atoms with Gasteiger partial charge in [0.2, 0.25) is 0 Å². The van der Waals surface area contributed by atoms with Crippen LogP contribution in [0.1, 0.15) is 23.7 Å². The molecule has 0 spiro atoms. The minimum absolute atomic E-state index is 0.146. The zero-order valence-corrected chi connectivity index (χ0v) is 12.1. The highest BCUT2D eigenvalue weighted by molar-refractivity contribution is 6.01. The van der Waals surface area contributed by atoms with Gasteiger partial charge in [0.1, 0.15) is 5.82 Å². The molecule has 5 nitrogen and oxygen atoms in total. The molecule has 1 fully saturated rings. The van der Waals surface area contributed by atoms with E-state index in [1.807, 2.05) is 37.3 Å². The second-order valence-electron chi connectivity index (χ2n) is 5.77. The highest BCUT2D eigenvalue weighted by Gasteiger charge is 2.28. The van der Waals surface area contributed by atoms with E-state index in [1.165, 1.54) is 0 Å². The molecular formula is C16H20N4O. The average molecular weight is 284 g/mol. The van der Waals surface area contributed by atoms with Crippen molar-refractivity contribution in [1.29, 1.82) is 0 Å². The number of amides is 1. The number of anilines is 1. The summed E-state index contributed by atoms with van der Waals surface area (Å²) in [5.41, 5.74) is 12.9. The molecule has 0 saturated carbocycles. The Morgan fingerprint density at radius 3 is 2.86 bits per heavy atom. The van der Waals surface area contributed by atoms with E-state index in [0.29, 0.717) is 17.3 Å². The Balaban J connectivity index is 2.04. The number of hydrogen-bond acceptors (Lipinski definition) is 4. The Labute approximate surface area is 123 Å². The fraction of sp³-hybridized carbons (Fsp3) is 0.375. The summed E-state index contributed by atoms with van der Waals surface area (Å²) in [6, 6.07) is 9.73. The summed E-state index contributed by atoms with van der Waals surface area (Å²) >= 11 is 0. The van der Waals surface area contributed by atoms with Crippen molar-refractivity contribution in [2.45, 2.75) is 19.4 Å². The number of rotatable bonds is 3. The van der Waals surface area contributed by atoms with Gasteiger partial charge >= 0.3 is 0 Å². The largest absolute Gasteiger partial charge is 0.365 e. The first kappa shape index (κ1) is 13.8. The van der Waals surface area contributed by atoms with Gasteiger partial charge in [-0.25, -0.2) is 4.98 Å². The van der Waals surface area contributed by atoms with E-state index in [0.717, 1.165) is 30.4 Å². The number of carbonyl (C=O) groups is 1. The topological polar surface area (TPSA) is 85.2 Å². The fourth-order valence-corrected chi connectivity index (χ4v) is 2.94. The van der Waals surface area contributed by atoms with E-state index in [1.54, 1.807) is 0 Å². The second-order valence-corrected chi connectivity index (χ2v) is 5.77. The second kappa shape index (κ2) is 5.33. The summed E-state index contributed by atoms with van der Waals surface area (Å²) in [5.74, 6) is 0.677. The van der Waals surface area contributed by atoms with E-state index in [9.17, 15) is 4.79 Å². The Morgan fingerprint density at radius 2 is 2.19 bits per heavy atom. The third-order valence-corrected chi connectivity index (χ3v) is 4.24. The van der Waals surface area contributed by atoms with Gasteiger partial charge in [-0.05, 0) is 31.4 Å². The number of primary amides is 1. The predicted octanol–water partition coefficient (Wildman–Crippen LogP) is 1.51. The first-order valence-electron chi connectivity index (χ1n) is 7.26. The first-order chi connectivity index (χ1) is 10.1. The summed E-state index contributed by atoms with van der Waals surface area (Å²) in [4.78, 5) is 18.6. The van der Waals surface area contributed by atoms with Gasteiger partial charge in [-0.3, -0.25) is 4.79 Å². The standard InChI is InChI=1S/C16H20N4O/c1-10(17)12-6-7-20(9-12)16-13(15(18)21)8-11-4-2-3-5-14(11)19-16/h2-5,8,10,12H,6-7,9,17H2,1H3,(H2,18,21). The number of carbonyl (C=O) groups excluding carboxylic acids is 1. The lowest BCUT2D eigenvalue weighted by atomic mass is 10.0. The molecule has 1 aromatic carbocycles. The Bertz CT molecular complexity index is 683. The lowest BCUT2D eigenvalue weighted by molar-refractivity contribution is 0.100. The van der Waals surface area contributed by atoms with Crippen LogP contribution >= 0.6 is 0 Å². The monoisotopic (exact) mass is 284 g/mol. The van der Waals surface area contributed by atoms with Crippen molar-refractivity contribution in [2.75, 3.05) is 18.0 Å².